The van der Waals surface area contributed by atoms with Gasteiger partial charge in [-0.3, -0.25) is 14.4 Å². The highest BCUT2D eigenvalue weighted by molar-refractivity contribution is 7.23. The molecule has 3 aliphatic heterocycles. The Hall–Kier alpha value is -5.39. The lowest BCUT2D eigenvalue weighted by atomic mass is 9.78. The van der Waals surface area contributed by atoms with Gasteiger partial charge in [-0.25, -0.2) is 4.98 Å². The predicted octanol–water partition coefficient (Wildman–Crippen LogP) is 7.64. The average Bonchev–Trinajstić information content (AvgIpc) is 3.84. The van der Waals surface area contributed by atoms with Crippen molar-refractivity contribution in [2.24, 2.45) is 23.7 Å². The minimum atomic E-state index is -1.97. The van der Waals surface area contributed by atoms with Crippen LogP contribution in [0.5, 0.6) is 17.2 Å². The van der Waals surface area contributed by atoms with Gasteiger partial charge in [0.15, 0.2) is 10.9 Å². The number of fused-ring (bicyclic) bond motifs is 1. The van der Waals surface area contributed by atoms with Gasteiger partial charge < -0.3 is 54.5 Å². The Bertz CT molecular complexity index is 2590. The number of ether oxygens (including phenoxy) is 4. The van der Waals surface area contributed by atoms with Gasteiger partial charge in [-0.1, -0.05) is 68.9 Å². The molecule has 0 spiro atoms. The maximum Gasteiger partial charge on any atom is 0.312 e. The minimum absolute atomic E-state index is 0.00250. The summed E-state index contributed by atoms with van der Waals surface area (Å²) < 4.78 is 24.4. The highest BCUT2D eigenvalue weighted by Crippen LogP contribution is 2.55. The van der Waals surface area contributed by atoms with Crippen molar-refractivity contribution in [2.75, 3.05) is 48.4 Å². The van der Waals surface area contributed by atoms with Crippen molar-refractivity contribution in [1.29, 1.82) is 0 Å². The molecular formula is C48H57ClN4O11S. The largest absolute Gasteiger partial charge is 0.507 e. The van der Waals surface area contributed by atoms with Crippen molar-refractivity contribution < 1.29 is 53.8 Å². The third-order valence-electron chi connectivity index (χ3n) is 13.1. The van der Waals surface area contributed by atoms with Crippen LogP contribution in [0.25, 0.3) is 21.0 Å². The summed E-state index contributed by atoms with van der Waals surface area (Å²) in [6, 6.07) is 7.64. The SMILES string of the molecule is CO[C@H]1/C=C/O[C@@]2(C)Oc3c(C)c(O)c4c(O)c(c5sc(N6CCN(c7ccc(Cl)cc7)CC6)nc5c4c3C2=O)NC(=O)/C(C)=C\C=C\[C@@H](C)[C@H](O)[C@@H](C)[C@H](O)[C@@H](C)[C@@H](OC(C)=O)[C@@H]1C. The fraction of sp³-hybridized carbons (Fsp3) is 0.458. The van der Waals surface area contributed by atoms with Gasteiger partial charge in [0.1, 0.15) is 23.3 Å². The maximum absolute atomic E-state index is 14.8. The summed E-state index contributed by atoms with van der Waals surface area (Å²) in [5, 5.41) is 51.2. The topological polar surface area (TPSA) is 200 Å². The lowest BCUT2D eigenvalue weighted by Gasteiger charge is -2.38. The first-order chi connectivity index (χ1) is 30.8. The number of hydrogen-bond donors (Lipinski definition) is 5. The van der Waals surface area contributed by atoms with E-state index in [9.17, 15) is 34.8 Å². The van der Waals surface area contributed by atoms with Crippen molar-refractivity contribution in [3.63, 3.8) is 0 Å². The second-order valence-electron chi connectivity index (χ2n) is 17.5. The van der Waals surface area contributed by atoms with Crippen LogP contribution in [0, 0.1) is 30.6 Å². The predicted molar refractivity (Wildman–Crippen MR) is 251 cm³/mol. The number of Topliss-reactive ketones (excluding diaryl/α,β-unsaturated/α-hetero) is 1. The van der Waals surface area contributed by atoms with Crippen LogP contribution in [0.1, 0.15) is 64.4 Å². The van der Waals surface area contributed by atoms with Crippen LogP contribution in [-0.4, -0.2) is 107 Å². The number of nitrogens with one attached hydrogen (secondary N) is 1. The summed E-state index contributed by atoms with van der Waals surface area (Å²) in [4.78, 5) is 50.6. The Morgan fingerprint density at radius 3 is 2.25 bits per heavy atom. The number of phenols is 2. The number of thiazole rings is 1. The number of piperazine rings is 1. The first-order valence-corrected chi connectivity index (χ1v) is 22.9. The number of rotatable bonds is 4. The number of carbonyl (C=O) groups excluding carboxylic acids is 3. The smallest absolute Gasteiger partial charge is 0.312 e. The summed E-state index contributed by atoms with van der Waals surface area (Å²) in [5.74, 6) is -6.94. The summed E-state index contributed by atoms with van der Waals surface area (Å²) >= 11 is 7.38. The fourth-order valence-electron chi connectivity index (χ4n) is 9.05. The second kappa shape index (κ2) is 18.8. The average molecular weight is 934 g/mol. The summed E-state index contributed by atoms with van der Waals surface area (Å²) in [5.41, 5.74) is 1.72. The number of phenolic OH excluding ortho intramolecular Hbond substituents is 2. The van der Waals surface area contributed by atoms with Crippen molar-refractivity contribution >= 4 is 78.1 Å². The van der Waals surface area contributed by atoms with Gasteiger partial charge in [0.25, 0.3) is 11.7 Å². The molecule has 9 atom stereocenters. The molecule has 1 fully saturated rings. The van der Waals surface area contributed by atoms with E-state index in [-0.39, 0.29) is 50.2 Å². The number of ketones is 1. The quantitative estimate of drug-likeness (QED) is 0.0988. The number of allylic oxidation sites excluding steroid dienone is 2. The zero-order valence-corrected chi connectivity index (χ0v) is 39.5. The lowest BCUT2D eigenvalue weighted by molar-refractivity contribution is -0.160. The van der Waals surface area contributed by atoms with Crippen LogP contribution < -0.4 is 19.9 Å². The normalized spacial score (nSPS) is 29.9. The lowest BCUT2D eigenvalue weighted by Crippen LogP contribution is -2.46. The molecule has 3 aliphatic rings. The molecule has 1 saturated heterocycles. The highest BCUT2D eigenvalue weighted by atomic mass is 35.5. The van der Waals surface area contributed by atoms with E-state index in [0.29, 0.717) is 41.0 Å². The molecule has 0 aliphatic carbocycles. The number of nitrogens with zero attached hydrogens (tertiary/aromatic N) is 3. The van der Waals surface area contributed by atoms with Crippen molar-refractivity contribution in [2.45, 2.75) is 85.6 Å². The molecule has 4 aromatic rings. The number of esters is 1. The van der Waals surface area contributed by atoms with Gasteiger partial charge in [-0.05, 0) is 44.2 Å². The summed E-state index contributed by atoms with van der Waals surface area (Å²) in [7, 11) is 1.46. The minimum Gasteiger partial charge on any atom is -0.507 e. The Balaban J connectivity index is 1.36. The van der Waals surface area contributed by atoms with Crippen molar-refractivity contribution in [3.8, 4) is 17.2 Å². The van der Waals surface area contributed by atoms with E-state index in [4.69, 9.17) is 35.5 Å². The van der Waals surface area contributed by atoms with Gasteiger partial charge in [0.05, 0.1) is 45.7 Å². The fourth-order valence-corrected chi connectivity index (χ4v) is 10.3. The molecular weight excluding hydrogens is 876 g/mol. The van der Waals surface area contributed by atoms with E-state index in [1.165, 1.54) is 38.6 Å². The Morgan fingerprint density at radius 2 is 1.60 bits per heavy atom. The number of aromatic hydroxyl groups is 2. The number of carbonyl (C=O) groups is 3. The molecule has 0 saturated carbocycles. The number of anilines is 3. The molecule has 7 rings (SSSR count). The molecule has 4 bridgehead atoms. The van der Waals surface area contributed by atoms with Crippen LogP contribution in [0.15, 0.2) is 60.4 Å². The number of benzene rings is 3. The third kappa shape index (κ3) is 8.98. The number of halogens is 1. The maximum atomic E-state index is 14.8. The monoisotopic (exact) mass is 932 g/mol. The van der Waals surface area contributed by atoms with Crippen molar-refractivity contribution in [1.82, 2.24) is 4.98 Å². The number of aliphatic hydroxyl groups is 2. The molecule has 0 unspecified atom stereocenters. The van der Waals surface area contributed by atoms with Gasteiger partial charge in [-0.2, -0.15) is 0 Å². The van der Waals surface area contributed by atoms with Gasteiger partial charge in [0.2, 0.25) is 0 Å². The number of aliphatic hydroxyl groups excluding tert-OH is 2. The molecule has 5 N–H and O–H groups in total. The van der Waals surface area contributed by atoms with E-state index in [1.54, 1.807) is 65.8 Å². The molecule has 4 heterocycles. The molecule has 1 amide bonds. The van der Waals surface area contributed by atoms with Crippen molar-refractivity contribution in [3.05, 3.63) is 76.6 Å². The summed E-state index contributed by atoms with van der Waals surface area (Å²) in [6.45, 7) is 15.4. The molecule has 1 aromatic heterocycles. The van der Waals surface area contributed by atoms with Gasteiger partial charge >= 0.3 is 11.8 Å². The van der Waals surface area contributed by atoms with Crippen LogP contribution >= 0.6 is 22.9 Å². The van der Waals surface area contributed by atoms with Crippen LogP contribution in [-0.2, 0) is 23.8 Å². The van der Waals surface area contributed by atoms with Gasteiger partial charge in [0, 0.05) is 98.0 Å². The molecule has 17 heteroatoms. The first-order valence-electron chi connectivity index (χ1n) is 21.7. The zero-order valence-electron chi connectivity index (χ0n) is 37.9. The Labute approximate surface area is 386 Å². The number of methoxy groups -OCH3 is 1. The van der Waals surface area contributed by atoms with Crippen LogP contribution in [0.4, 0.5) is 16.5 Å². The zero-order chi connectivity index (χ0) is 47.2. The Kier molecular flexibility index (Phi) is 13.8. The molecule has 15 nitrogen and oxygen atoms in total. The first kappa shape index (κ1) is 47.6. The number of aromatic nitrogens is 1. The van der Waals surface area contributed by atoms with E-state index in [1.807, 2.05) is 24.3 Å². The molecule has 65 heavy (non-hydrogen) atoms. The van der Waals surface area contributed by atoms with Gasteiger partial charge in [-0.15, -0.1) is 0 Å². The summed E-state index contributed by atoms with van der Waals surface area (Å²) in [6.07, 6.45) is 3.91. The highest BCUT2D eigenvalue weighted by Gasteiger charge is 2.50. The van der Waals surface area contributed by atoms with E-state index >= 15 is 0 Å². The third-order valence-corrected chi connectivity index (χ3v) is 14.5. The van der Waals surface area contributed by atoms with E-state index in [2.05, 4.69) is 15.1 Å². The Morgan fingerprint density at radius 1 is 0.938 bits per heavy atom. The standard InChI is InChI=1S/C48H57ClN4O11S/c1-23-11-10-12-24(2)46(60)50-37-41(58)34-33(36-44(37)65-47(51-36)53-20-18-52(19-21-53)31-15-13-30(49)14-16-31)35-43(28(6)40(34)57)64-48(8,45(35)59)62-22-17-32(61-9)25(3)42(63-29(7)54)27(5)39(56)26(4)38(23)55/h10-17,22-23,25-27,32,38-39,42,55-58H,18-21H2,1-9H3,(H,50,60)/b11-10+,22-17+,24-12-/t23-,25-,26-,27-,32+,38+,39+,42+,48+/m1/s1. The molecule has 3 aromatic carbocycles. The van der Waals surface area contributed by atoms with E-state index in [0.717, 1.165) is 5.69 Å². The van der Waals surface area contributed by atoms with E-state index < -0.39 is 77.3 Å². The van der Waals surface area contributed by atoms with Crippen LogP contribution in [0.2, 0.25) is 5.02 Å². The molecule has 348 valence electrons. The second-order valence-corrected chi connectivity index (χ2v) is 18.9. The van der Waals surface area contributed by atoms with Crippen LogP contribution in [0.3, 0.4) is 0 Å². The number of amides is 1. The molecule has 0 radical (unpaired) electrons. The number of hydrogen-bond acceptors (Lipinski definition) is 15.